The third-order valence-electron chi connectivity index (χ3n) is 2.55. The van der Waals surface area contributed by atoms with E-state index in [9.17, 15) is 0 Å². The zero-order valence-electron chi connectivity index (χ0n) is 7.34. The van der Waals surface area contributed by atoms with Gasteiger partial charge in [0.05, 0.1) is 0 Å². The van der Waals surface area contributed by atoms with E-state index in [0.717, 1.165) is 18.9 Å². The molecule has 1 saturated carbocycles. The minimum atomic E-state index is 0.318. The average molecular weight is 157 g/mol. The van der Waals surface area contributed by atoms with Crippen LogP contribution in [-0.4, -0.2) is 23.8 Å². The molecule has 1 fully saturated rings. The zero-order valence-corrected chi connectivity index (χ0v) is 7.34. The predicted molar refractivity (Wildman–Crippen MR) is 46.6 cm³/mol. The van der Waals surface area contributed by atoms with E-state index in [0.29, 0.717) is 12.6 Å². The smallest absolute Gasteiger partial charge is 0.0445 e. The van der Waals surface area contributed by atoms with Crippen LogP contribution in [-0.2, 0) is 0 Å². The molecule has 1 rings (SSSR count). The van der Waals surface area contributed by atoms with Gasteiger partial charge in [0.2, 0.25) is 0 Å². The summed E-state index contributed by atoms with van der Waals surface area (Å²) in [4.78, 5) is 0. The molecule has 2 heteroatoms. The number of hydrogen-bond acceptors (Lipinski definition) is 2. The van der Waals surface area contributed by atoms with E-state index in [1.807, 2.05) is 0 Å². The highest BCUT2D eigenvalue weighted by Crippen LogP contribution is 2.19. The summed E-state index contributed by atoms with van der Waals surface area (Å²) in [6.45, 7) is 2.49. The molecule has 0 heterocycles. The lowest BCUT2D eigenvalue weighted by atomic mass is 9.92. The van der Waals surface area contributed by atoms with E-state index in [-0.39, 0.29) is 0 Å². The third kappa shape index (κ3) is 2.80. The first-order valence-corrected chi connectivity index (χ1v) is 4.73. The molecule has 2 N–H and O–H groups in total. The summed E-state index contributed by atoms with van der Waals surface area (Å²) in [6, 6.07) is 1.30. The molecule has 0 aliphatic heterocycles. The van der Waals surface area contributed by atoms with E-state index in [1.54, 1.807) is 0 Å². The Hall–Kier alpha value is -0.0800. The van der Waals surface area contributed by atoms with Gasteiger partial charge < -0.3 is 10.4 Å². The van der Waals surface area contributed by atoms with Gasteiger partial charge in [-0.05, 0) is 25.7 Å². The molecule has 2 nitrogen and oxygen atoms in total. The summed E-state index contributed by atoms with van der Waals surface area (Å²) in [5.41, 5.74) is 0. The van der Waals surface area contributed by atoms with Gasteiger partial charge in [-0.15, -0.1) is 0 Å². The topological polar surface area (TPSA) is 32.3 Å². The fourth-order valence-electron chi connectivity index (χ4n) is 1.47. The summed E-state index contributed by atoms with van der Waals surface area (Å²) < 4.78 is 0. The minimum absolute atomic E-state index is 0.318. The van der Waals surface area contributed by atoms with Gasteiger partial charge in [0, 0.05) is 18.7 Å². The number of nitrogens with one attached hydrogen (secondary N) is 1. The Morgan fingerprint density at radius 3 is 2.64 bits per heavy atom. The third-order valence-corrected chi connectivity index (χ3v) is 2.55. The van der Waals surface area contributed by atoms with Crippen molar-refractivity contribution in [1.82, 2.24) is 5.32 Å². The largest absolute Gasteiger partial charge is 0.396 e. The van der Waals surface area contributed by atoms with Gasteiger partial charge in [-0.1, -0.05) is 13.3 Å². The van der Waals surface area contributed by atoms with Crippen LogP contribution in [0.15, 0.2) is 0 Å². The molecule has 0 saturated heterocycles. The number of rotatable bonds is 5. The monoisotopic (exact) mass is 157 g/mol. The first-order valence-electron chi connectivity index (χ1n) is 4.73. The number of hydrogen-bond donors (Lipinski definition) is 2. The van der Waals surface area contributed by atoms with Crippen LogP contribution in [0.4, 0.5) is 0 Å². The Kier molecular flexibility index (Phi) is 3.87. The predicted octanol–water partition coefficient (Wildman–Crippen LogP) is 1.29. The van der Waals surface area contributed by atoms with Gasteiger partial charge in [0.1, 0.15) is 0 Å². The molecule has 0 radical (unpaired) electrons. The van der Waals surface area contributed by atoms with E-state index in [2.05, 4.69) is 12.2 Å². The molecule has 11 heavy (non-hydrogen) atoms. The van der Waals surface area contributed by atoms with Gasteiger partial charge in [-0.2, -0.15) is 0 Å². The summed E-state index contributed by atoms with van der Waals surface area (Å²) in [5.74, 6) is 0. The van der Waals surface area contributed by atoms with E-state index in [1.165, 1.54) is 19.3 Å². The molecular weight excluding hydrogens is 138 g/mol. The number of aliphatic hydroxyl groups is 1. The maximum Gasteiger partial charge on any atom is 0.0445 e. The van der Waals surface area contributed by atoms with Crippen LogP contribution in [0.3, 0.4) is 0 Å². The zero-order chi connectivity index (χ0) is 8.10. The second-order valence-corrected chi connectivity index (χ2v) is 3.41. The first kappa shape index (κ1) is 9.01. The van der Waals surface area contributed by atoms with Crippen LogP contribution in [0.25, 0.3) is 0 Å². The summed E-state index contributed by atoms with van der Waals surface area (Å²) in [5, 5.41) is 12.3. The van der Waals surface area contributed by atoms with E-state index < -0.39 is 0 Å². The highest BCUT2D eigenvalue weighted by atomic mass is 16.3. The second-order valence-electron chi connectivity index (χ2n) is 3.41. The van der Waals surface area contributed by atoms with Crippen LogP contribution >= 0.6 is 0 Å². The normalized spacial score (nSPS) is 21.3. The molecule has 0 aromatic heterocycles. The van der Waals surface area contributed by atoms with Gasteiger partial charge in [0.25, 0.3) is 0 Å². The fraction of sp³-hybridized carbons (Fsp3) is 1.00. The van der Waals surface area contributed by atoms with Crippen LogP contribution in [0.1, 0.15) is 39.0 Å². The van der Waals surface area contributed by atoms with Crippen LogP contribution in [0, 0.1) is 0 Å². The molecule has 0 aromatic rings. The van der Waals surface area contributed by atoms with Gasteiger partial charge in [0.15, 0.2) is 0 Å². The molecule has 0 aromatic carbocycles. The van der Waals surface area contributed by atoms with Crippen molar-refractivity contribution in [3.63, 3.8) is 0 Å². The van der Waals surface area contributed by atoms with E-state index >= 15 is 0 Å². The lowest BCUT2D eigenvalue weighted by Gasteiger charge is -2.30. The molecule has 1 atom stereocenters. The summed E-state index contributed by atoms with van der Waals surface area (Å²) in [7, 11) is 0. The highest BCUT2D eigenvalue weighted by Gasteiger charge is 2.19. The Morgan fingerprint density at radius 1 is 1.55 bits per heavy atom. The Balaban J connectivity index is 2.08. The maximum atomic E-state index is 8.73. The molecule has 66 valence electrons. The van der Waals surface area contributed by atoms with Gasteiger partial charge in [-0.3, -0.25) is 0 Å². The number of aliphatic hydroxyl groups excluding tert-OH is 1. The van der Waals surface area contributed by atoms with E-state index in [4.69, 9.17) is 5.11 Å². The summed E-state index contributed by atoms with van der Waals surface area (Å²) >= 11 is 0. The minimum Gasteiger partial charge on any atom is -0.396 e. The van der Waals surface area contributed by atoms with Crippen LogP contribution in [0.5, 0.6) is 0 Å². The Bertz CT molecular complexity index is 102. The molecule has 0 bridgehead atoms. The summed E-state index contributed by atoms with van der Waals surface area (Å²) in [6.07, 6.45) is 6.10. The molecule has 1 unspecified atom stereocenters. The molecule has 1 aliphatic carbocycles. The van der Waals surface area contributed by atoms with Crippen LogP contribution < -0.4 is 5.32 Å². The fourth-order valence-corrected chi connectivity index (χ4v) is 1.47. The highest BCUT2D eigenvalue weighted by molar-refractivity contribution is 4.80. The average Bonchev–Trinajstić information content (AvgIpc) is 1.94. The molecule has 0 spiro atoms. The Morgan fingerprint density at radius 2 is 2.27 bits per heavy atom. The standard InChI is InChI=1S/C9H19NO/c1-2-8(6-7-11)10-9-4-3-5-9/h8-11H,2-7H2,1H3. The van der Waals surface area contributed by atoms with Crippen molar-refractivity contribution in [3.05, 3.63) is 0 Å². The lowest BCUT2D eigenvalue weighted by Crippen LogP contribution is -2.42. The molecule has 1 aliphatic rings. The van der Waals surface area contributed by atoms with Crippen molar-refractivity contribution in [2.75, 3.05) is 6.61 Å². The van der Waals surface area contributed by atoms with Crippen LogP contribution in [0.2, 0.25) is 0 Å². The second kappa shape index (κ2) is 4.73. The van der Waals surface area contributed by atoms with Crippen molar-refractivity contribution in [1.29, 1.82) is 0 Å². The van der Waals surface area contributed by atoms with Crippen molar-refractivity contribution >= 4 is 0 Å². The van der Waals surface area contributed by atoms with Crippen molar-refractivity contribution < 1.29 is 5.11 Å². The maximum absolute atomic E-state index is 8.73. The van der Waals surface area contributed by atoms with Crippen molar-refractivity contribution in [3.8, 4) is 0 Å². The van der Waals surface area contributed by atoms with Crippen molar-refractivity contribution in [2.45, 2.75) is 51.1 Å². The first-order chi connectivity index (χ1) is 5.36. The molecular formula is C9H19NO. The van der Waals surface area contributed by atoms with Gasteiger partial charge in [-0.25, -0.2) is 0 Å². The van der Waals surface area contributed by atoms with Gasteiger partial charge >= 0.3 is 0 Å². The SMILES string of the molecule is CCC(CCO)NC1CCC1. The molecule has 0 amide bonds. The quantitative estimate of drug-likeness (QED) is 0.630. The Labute approximate surface area is 69.0 Å². The van der Waals surface area contributed by atoms with Crippen molar-refractivity contribution in [2.24, 2.45) is 0 Å². The lowest BCUT2D eigenvalue weighted by molar-refractivity contribution is 0.234.